The summed E-state index contributed by atoms with van der Waals surface area (Å²) < 4.78 is 0. The zero-order valence-corrected chi connectivity index (χ0v) is 11.7. The van der Waals surface area contributed by atoms with E-state index in [4.69, 9.17) is 0 Å². The standard InChI is InChI=1S/C15H23NO2/c1-5-6-7-14(16(3)4)12-8-9-13(11(2)17)15(18)10-12/h8-10,14,18H,5-7H2,1-4H3. The minimum atomic E-state index is -0.103. The van der Waals surface area contributed by atoms with E-state index in [1.165, 1.54) is 6.92 Å². The van der Waals surface area contributed by atoms with Crippen LogP contribution in [0.1, 0.15) is 55.1 Å². The van der Waals surface area contributed by atoms with Crippen LogP contribution < -0.4 is 0 Å². The highest BCUT2D eigenvalue weighted by molar-refractivity contribution is 5.96. The van der Waals surface area contributed by atoms with E-state index in [2.05, 4.69) is 11.8 Å². The predicted octanol–water partition coefficient (Wildman–Crippen LogP) is 3.39. The summed E-state index contributed by atoms with van der Waals surface area (Å²) in [5.74, 6) is -0.0163. The van der Waals surface area contributed by atoms with Crippen LogP contribution in [0.15, 0.2) is 18.2 Å². The molecule has 0 aliphatic rings. The number of ketones is 1. The van der Waals surface area contributed by atoms with Crippen LogP contribution in [0.3, 0.4) is 0 Å². The first-order valence-electron chi connectivity index (χ1n) is 6.47. The maximum absolute atomic E-state index is 11.3. The number of hydrogen-bond acceptors (Lipinski definition) is 3. The lowest BCUT2D eigenvalue weighted by molar-refractivity contribution is 0.101. The van der Waals surface area contributed by atoms with Crippen molar-refractivity contribution in [1.29, 1.82) is 0 Å². The molecule has 0 aliphatic carbocycles. The van der Waals surface area contributed by atoms with Gasteiger partial charge in [-0.05, 0) is 45.1 Å². The summed E-state index contributed by atoms with van der Waals surface area (Å²) in [6.07, 6.45) is 3.36. The molecule has 0 spiro atoms. The molecule has 0 heterocycles. The molecule has 0 fully saturated rings. The van der Waals surface area contributed by atoms with Gasteiger partial charge < -0.3 is 10.0 Å². The molecule has 0 amide bonds. The number of rotatable bonds is 6. The second-order valence-corrected chi connectivity index (χ2v) is 4.95. The van der Waals surface area contributed by atoms with Gasteiger partial charge in [0.25, 0.3) is 0 Å². The van der Waals surface area contributed by atoms with E-state index in [1.807, 2.05) is 20.2 Å². The molecule has 1 unspecified atom stereocenters. The Bertz CT molecular complexity index is 413. The first-order valence-corrected chi connectivity index (χ1v) is 6.47. The van der Waals surface area contributed by atoms with Gasteiger partial charge in [-0.2, -0.15) is 0 Å². The van der Waals surface area contributed by atoms with Gasteiger partial charge in [-0.15, -0.1) is 0 Å². The number of unbranched alkanes of at least 4 members (excludes halogenated alkanes) is 1. The molecule has 0 saturated heterocycles. The largest absolute Gasteiger partial charge is 0.507 e. The van der Waals surface area contributed by atoms with Crippen LogP contribution in [0, 0.1) is 0 Å². The molecule has 18 heavy (non-hydrogen) atoms. The van der Waals surface area contributed by atoms with E-state index in [0.29, 0.717) is 5.56 Å². The Kier molecular flexibility index (Phi) is 5.35. The van der Waals surface area contributed by atoms with Gasteiger partial charge in [-0.25, -0.2) is 0 Å². The van der Waals surface area contributed by atoms with Crippen molar-refractivity contribution in [3.63, 3.8) is 0 Å². The van der Waals surface area contributed by atoms with Gasteiger partial charge in [0.15, 0.2) is 5.78 Å². The molecule has 1 aromatic carbocycles. The smallest absolute Gasteiger partial charge is 0.163 e. The van der Waals surface area contributed by atoms with Crippen molar-refractivity contribution >= 4 is 5.78 Å². The molecule has 1 N–H and O–H groups in total. The SMILES string of the molecule is CCCCC(c1ccc(C(C)=O)c(O)c1)N(C)C. The average molecular weight is 249 g/mol. The Balaban J connectivity index is 2.99. The van der Waals surface area contributed by atoms with Gasteiger partial charge in [0.2, 0.25) is 0 Å². The molecule has 100 valence electrons. The summed E-state index contributed by atoms with van der Waals surface area (Å²) in [4.78, 5) is 13.4. The Hall–Kier alpha value is -1.35. The summed E-state index contributed by atoms with van der Waals surface area (Å²) in [7, 11) is 4.08. The number of aromatic hydroxyl groups is 1. The van der Waals surface area contributed by atoms with Gasteiger partial charge in [0.05, 0.1) is 5.56 Å². The van der Waals surface area contributed by atoms with Crippen LogP contribution in [-0.2, 0) is 0 Å². The fraction of sp³-hybridized carbons (Fsp3) is 0.533. The quantitative estimate of drug-likeness (QED) is 0.786. The lowest BCUT2D eigenvalue weighted by Crippen LogP contribution is -2.20. The van der Waals surface area contributed by atoms with Gasteiger partial charge in [-0.3, -0.25) is 4.79 Å². The molecular formula is C15H23NO2. The van der Waals surface area contributed by atoms with E-state index in [9.17, 15) is 9.90 Å². The van der Waals surface area contributed by atoms with Crippen LogP contribution in [0.4, 0.5) is 0 Å². The molecule has 3 heteroatoms. The van der Waals surface area contributed by atoms with Crippen molar-refractivity contribution in [2.75, 3.05) is 14.1 Å². The van der Waals surface area contributed by atoms with Crippen LogP contribution in [0.2, 0.25) is 0 Å². The molecule has 0 aromatic heterocycles. The van der Waals surface area contributed by atoms with Gasteiger partial charge in [-0.1, -0.05) is 25.8 Å². The second-order valence-electron chi connectivity index (χ2n) is 4.95. The Morgan fingerprint density at radius 1 is 1.39 bits per heavy atom. The molecule has 0 aliphatic heterocycles. The number of benzene rings is 1. The molecular weight excluding hydrogens is 226 g/mol. The highest BCUT2D eigenvalue weighted by Gasteiger charge is 2.16. The second kappa shape index (κ2) is 6.55. The van der Waals surface area contributed by atoms with Crippen molar-refractivity contribution in [2.45, 2.75) is 39.2 Å². The van der Waals surface area contributed by atoms with Gasteiger partial charge in [0.1, 0.15) is 5.75 Å². The van der Waals surface area contributed by atoms with Crippen molar-refractivity contribution in [1.82, 2.24) is 4.90 Å². The molecule has 1 atom stereocenters. The molecule has 0 bridgehead atoms. The third kappa shape index (κ3) is 3.57. The number of phenolic OH excluding ortho intramolecular Hbond substituents is 1. The summed E-state index contributed by atoms with van der Waals surface area (Å²) >= 11 is 0. The monoisotopic (exact) mass is 249 g/mol. The molecule has 0 saturated carbocycles. The summed E-state index contributed by atoms with van der Waals surface area (Å²) in [6.45, 7) is 3.64. The van der Waals surface area contributed by atoms with Crippen molar-refractivity contribution < 1.29 is 9.90 Å². The van der Waals surface area contributed by atoms with Gasteiger partial charge in [0, 0.05) is 6.04 Å². The van der Waals surface area contributed by atoms with Crippen LogP contribution in [0.5, 0.6) is 5.75 Å². The predicted molar refractivity (Wildman–Crippen MR) is 74.1 cm³/mol. The third-order valence-corrected chi connectivity index (χ3v) is 3.24. The number of phenols is 1. The maximum atomic E-state index is 11.3. The minimum Gasteiger partial charge on any atom is -0.507 e. The first-order chi connectivity index (χ1) is 8.47. The topological polar surface area (TPSA) is 40.5 Å². The van der Waals surface area contributed by atoms with Crippen molar-refractivity contribution in [3.8, 4) is 5.75 Å². The lowest BCUT2D eigenvalue weighted by atomic mass is 9.97. The number of hydrogen-bond donors (Lipinski definition) is 1. The highest BCUT2D eigenvalue weighted by atomic mass is 16.3. The summed E-state index contributed by atoms with van der Waals surface area (Å²) in [5.41, 5.74) is 1.46. The van der Waals surface area contributed by atoms with Crippen molar-refractivity contribution in [3.05, 3.63) is 29.3 Å². The summed E-state index contributed by atoms with van der Waals surface area (Å²) in [5, 5.41) is 9.88. The fourth-order valence-corrected chi connectivity index (χ4v) is 2.17. The van der Waals surface area contributed by atoms with Crippen LogP contribution in [0.25, 0.3) is 0 Å². The number of carbonyl (C=O) groups excluding carboxylic acids is 1. The number of nitrogens with zero attached hydrogens (tertiary/aromatic N) is 1. The fourth-order valence-electron chi connectivity index (χ4n) is 2.17. The zero-order valence-electron chi connectivity index (χ0n) is 11.7. The first kappa shape index (κ1) is 14.7. The normalized spacial score (nSPS) is 12.7. The molecule has 3 nitrogen and oxygen atoms in total. The van der Waals surface area contributed by atoms with E-state index in [-0.39, 0.29) is 17.6 Å². The number of Topliss-reactive ketones (excluding diaryl/α,β-unsaturated/α-hetero) is 1. The molecule has 1 rings (SSSR count). The Morgan fingerprint density at radius 2 is 2.06 bits per heavy atom. The Morgan fingerprint density at radius 3 is 2.50 bits per heavy atom. The van der Waals surface area contributed by atoms with E-state index < -0.39 is 0 Å². The molecule has 1 aromatic rings. The van der Waals surface area contributed by atoms with E-state index in [1.54, 1.807) is 12.1 Å². The third-order valence-electron chi connectivity index (χ3n) is 3.24. The van der Waals surface area contributed by atoms with Crippen LogP contribution in [-0.4, -0.2) is 29.9 Å². The number of carbonyl (C=O) groups is 1. The lowest BCUT2D eigenvalue weighted by Gasteiger charge is -2.25. The molecule has 0 radical (unpaired) electrons. The van der Waals surface area contributed by atoms with E-state index >= 15 is 0 Å². The minimum absolute atomic E-state index is 0.0864. The average Bonchev–Trinajstić information content (AvgIpc) is 2.28. The maximum Gasteiger partial charge on any atom is 0.163 e. The highest BCUT2D eigenvalue weighted by Crippen LogP contribution is 2.28. The van der Waals surface area contributed by atoms with Crippen molar-refractivity contribution in [2.24, 2.45) is 0 Å². The Labute approximate surface area is 109 Å². The van der Waals surface area contributed by atoms with E-state index in [0.717, 1.165) is 24.8 Å². The van der Waals surface area contributed by atoms with Gasteiger partial charge >= 0.3 is 0 Å². The zero-order chi connectivity index (χ0) is 13.7. The van der Waals surface area contributed by atoms with Crippen LogP contribution >= 0.6 is 0 Å². The summed E-state index contributed by atoms with van der Waals surface area (Å²) in [6, 6.07) is 5.67.